The van der Waals surface area contributed by atoms with Crippen molar-refractivity contribution in [2.75, 3.05) is 12.8 Å². The van der Waals surface area contributed by atoms with Crippen molar-refractivity contribution in [2.45, 2.75) is 19.4 Å². The van der Waals surface area contributed by atoms with Gasteiger partial charge in [-0.25, -0.2) is 4.79 Å². The number of ether oxygens (including phenoxy) is 1. The third kappa shape index (κ3) is 3.39. The molecule has 0 spiro atoms. The maximum Gasteiger partial charge on any atom is 0.328 e. The van der Waals surface area contributed by atoms with Gasteiger partial charge in [-0.05, 0) is 42.8 Å². The lowest BCUT2D eigenvalue weighted by Gasteiger charge is -2.15. The molecule has 2 N–H and O–H groups in total. The second-order valence-electron chi connectivity index (χ2n) is 5.71. The molecule has 0 fully saturated rings. The summed E-state index contributed by atoms with van der Waals surface area (Å²) in [6.07, 6.45) is 0.524. The number of carbonyl (C=O) groups excluding carboxylic acids is 2. The highest BCUT2D eigenvalue weighted by Gasteiger charge is 2.23. The molecule has 26 heavy (non-hydrogen) atoms. The smallest absolute Gasteiger partial charge is 0.328 e. The van der Waals surface area contributed by atoms with Gasteiger partial charge >= 0.3 is 5.97 Å². The summed E-state index contributed by atoms with van der Waals surface area (Å²) in [4.78, 5) is 29.6. The number of benzene rings is 2. The monoisotopic (exact) mass is 369 g/mol. The Kier molecular flexibility index (Phi) is 5.18. The Labute approximate surface area is 154 Å². The van der Waals surface area contributed by atoms with E-state index in [4.69, 9.17) is 10.5 Å². The van der Waals surface area contributed by atoms with Gasteiger partial charge in [-0.3, -0.25) is 4.79 Å². The molecular weight excluding hydrogens is 350 g/mol. The third-order valence-corrected chi connectivity index (χ3v) is 5.09. The number of aromatic nitrogens is 1. The van der Waals surface area contributed by atoms with E-state index in [1.807, 2.05) is 31.2 Å². The maximum atomic E-state index is 12.6. The van der Waals surface area contributed by atoms with Gasteiger partial charge in [-0.2, -0.15) is 4.99 Å². The number of para-hydroxylation sites is 1. The van der Waals surface area contributed by atoms with E-state index in [0.29, 0.717) is 22.5 Å². The standard InChI is InChI=1S/C19H19N3O3S/c1-3-14(18(24)25-2)22-15-6-4-5-7-16(15)26-19(22)21-17(23)12-8-10-13(20)11-9-12/h4-11,14H,3,20H2,1-2H3/b21-19-. The predicted octanol–water partition coefficient (Wildman–Crippen LogP) is 3.15. The number of hydrogen-bond donors (Lipinski definition) is 1. The summed E-state index contributed by atoms with van der Waals surface area (Å²) in [7, 11) is 1.36. The topological polar surface area (TPSA) is 86.7 Å². The van der Waals surface area contributed by atoms with Crippen LogP contribution in [0.3, 0.4) is 0 Å². The van der Waals surface area contributed by atoms with Crippen molar-refractivity contribution < 1.29 is 14.3 Å². The molecule has 1 heterocycles. The highest BCUT2D eigenvalue weighted by atomic mass is 32.1. The molecule has 0 aliphatic rings. The van der Waals surface area contributed by atoms with Crippen LogP contribution in [0, 0.1) is 0 Å². The molecule has 1 amide bonds. The van der Waals surface area contributed by atoms with Crippen LogP contribution in [0.2, 0.25) is 0 Å². The number of rotatable bonds is 4. The van der Waals surface area contributed by atoms with Crippen LogP contribution in [-0.2, 0) is 9.53 Å². The number of anilines is 1. The molecule has 1 atom stereocenters. The fraction of sp³-hybridized carbons (Fsp3) is 0.211. The number of nitrogen functional groups attached to an aromatic ring is 1. The Morgan fingerprint density at radius 3 is 2.54 bits per heavy atom. The molecule has 0 aliphatic carbocycles. The van der Waals surface area contributed by atoms with Gasteiger partial charge in [0.25, 0.3) is 5.91 Å². The fourth-order valence-corrected chi connectivity index (χ4v) is 3.81. The predicted molar refractivity (Wildman–Crippen MR) is 102 cm³/mol. The van der Waals surface area contributed by atoms with E-state index in [1.165, 1.54) is 18.4 Å². The minimum atomic E-state index is -0.547. The van der Waals surface area contributed by atoms with Gasteiger partial charge in [0.2, 0.25) is 0 Å². The van der Waals surface area contributed by atoms with Crippen LogP contribution in [-0.4, -0.2) is 23.6 Å². The Bertz CT molecular complexity index is 1020. The van der Waals surface area contributed by atoms with Gasteiger partial charge < -0.3 is 15.0 Å². The van der Waals surface area contributed by atoms with Crippen LogP contribution in [0.15, 0.2) is 53.5 Å². The molecule has 1 unspecified atom stereocenters. The summed E-state index contributed by atoms with van der Waals surface area (Å²) in [5.41, 5.74) is 7.53. The number of nitrogens with zero attached hydrogens (tertiary/aromatic N) is 2. The summed E-state index contributed by atoms with van der Waals surface area (Å²) in [5, 5.41) is 0. The van der Waals surface area contributed by atoms with Crippen LogP contribution < -0.4 is 10.5 Å². The molecule has 1 aromatic heterocycles. The molecule has 3 rings (SSSR count). The highest BCUT2D eigenvalue weighted by molar-refractivity contribution is 7.16. The first-order chi connectivity index (χ1) is 12.5. The van der Waals surface area contributed by atoms with Crippen LogP contribution in [0.25, 0.3) is 10.2 Å². The lowest BCUT2D eigenvalue weighted by Crippen LogP contribution is -2.28. The molecule has 0 bridgehead atoms. The molecule has 3 aromatic rings. The normalized spacial score (nSPS) is 12.9. The average Bonchev–Trinajstić information content (AvgIpc) is 3.00. The minimum absolute atomic E-state index is 0.363. The van der Waals surface area contributed by atoms with E-state index in [9.17, 15) is 9.59 Å². The van der Waals surface area contributed by atoms with Gasteiger partial charge in [0, 0.05) is 11.3 Å². The number of nitrogens with two attached hydrogens (primary N) is 1. The number of esters is 1. The van der Waals surface area contributed by atoms with Crippen molar-refractivity contribution in [2.24, 2.45) is 4.99 Å². The van der Waals surface area contributed by atoms with Gasteiger partial charge in [-0.1, -0.05) is 30.4 Å². The molecule has 0 aliphatic heterocycles. The third-order valence-electron chi connectivity index (χ3n) is 4.06. The summed E-state index contributed by atoms with van der Waals surface area (Å²) >= 11 is 1.36. The van der Waals surface area contributed by atoms with E-state index < -0.39 is 6.04 Å². The number of methoxy groups -OCH3 is 1. The lowest BCUT2D eigenvalue weighted by molar-refractivity contribution is -0.144. The van der Waals surface area contributed by atoms with E-state index in [-0.39, 0.29) is 11.9 Å². The van der Waals surface area contributed by atoms with Gasteiger partial charge in [-0.15, -0.1) is 0 Å². The molecule has 0 saturated carbocycles. The lowest BCUT2D eigenvalue weighted by atomic mass is 10.2. The number of thiazole rings is 1. The highest BCUT2D eigenvalue weighted by Crippen LogP contribution is 2.23. The summed E-state index contributed by atoms with van der Waals surface area (Å²) in [6.45, 7) is 1.90. The summed E-state index contributed by atoms with van der Waals surface area (Å²) in [5.74, 6) is -0.748. The molecule has 0 saturated heterocycles. The number of hydrogen-bond acceptors (Lipinski definition) is 5. The Balaban J connectivity index is 2.18. The van der Waals surface area contributed by atoms with Crippen molar-refractivity contribution in [1.82, 2.24) is 4.57 Å². The zero-order valence-corrected chi connectivity index (χ0v) is 15.3. The van der Waals surface area contributed by atoms with E-state index in [1.54, 1.807) is 28.8 Å². The Morgan fingerprint density at radius 1 is 1.19 bits per heavy atom. The molecule has 2 aromatic carbocycles. The molecular formula is C19H19N3O3S. The first-order valence-electron chi connectivity index (χ1n) is 8.17. The number of fused-ring (bicyclic) bond motifs is 1. The van der Waals surface area contributed by atoms with E-state index in [2.05, 4.69) is 4.99 Å². The van der Waals surface area contributed by atoms with Crippen LogP contribution in [0.5, 0.6) is 0 Å². The number of carbonyl (C=O) groups is 2. The van der Waals surface area contributed by atoms with E-state index >= 15 is 0 Å². The van der Waals surface area contributed by atoms with Gasteiger partial charge in [0.1, 0.15) is 6.04 Å². The molecule has 134 valence electrons. The first-order valence-corrected chi connectivity index (χ1v) is 8.99. The van der Waals surface area contributed by atoms with Crippen molar-refractivity contribution in [3.8, 4) is 0 Å². The van der Waals surface area contributed by atoms with Gasteiger partial charge in [0.15, 0.2) is 4.80 Å². The van der Waals surface area contributed by atoms with Crippen molar-refractivity contribution in [1.29, 1.82) is 0 Å². The quantitative estimate of drug-likeness (QED) is 0.565. The maximum absolute atomic E-state index is 12.6. The molecule has 7 heteroatoms. The van der Waals surface area contributed by atoms with Crippen molar-refractivity contribution in [3.63, 3.8) is 0 Å². The second kappa shape index (κ2) is 7.53. The van der Waals surface area contributed by atoms with Crippen molar-refractivity contribution in [3.05, 3.63) is 58.9 Å². The summed E-state index contributed by atoms with van der Waals surface area (Å²) < 4.78 is 7.66. The van der Waals surface area contributed by atoms with Gasteiger partial charge in [0.05, 0.1) is 17.3 Å². The summed E-state index contributed by atoms with van der Waals surface area (Å²) in [6, 6.07) is 13.7. The average molecular weight is 369 g/mol. The fourth-order valence-electron chi connectivity index (χ4n) is 2.74. The zero-order valence-electron chi connectivity index (χ0n) is 14.5. The zero-order chi connectivity index (χ0) is 18.7. The molecule has 0 radical (unpaired) electrons. The van der Waals surface area contributed by atoms with Crippen LogP contribution >= 0.6 is 11.3 Å². The van der Waals surface area contributed by atoms with E-state index in [0.717, 1.165) is 10.2 Å². The first kappa shape index (κ1) is 17.9. The Hall–Kier alpha value is -2.93. The minimum Gasteiger partial charge on any atom is -0.467 e. The van der Waals surface area contributed by atoms with Crippen molar-refractivity contribution >= 4 is 39.1 Å². The SMILES string of the molecule is CCC(C(=O)OC)n1/c(=N/C(=O)c2ccc(N)cc2)sc2ccccc21. The van der Waals surface area contributed by atoms with Crippen LogP contribution in [0.4, 0.5) is 5.69 Å². The second-order valence-corrected chi connectivity index (χ2v) is 6.72. The molecule has 6 nitrogen and oxygen atoms in total. The number of amides is 1. The van der Waals surface area contributed by atoms with Crippen LogP contribution in [0.1, 0.15) is 29.7 Å². The Morgan fingerprint density at radius 2 is 1.88 bits per heavy atom. The largest absolute Gasteiger partial charge is 0.467 e.